The van der Waals surface area contributed by atoms with Crippen molar-refractivity contribution in [1.29, 1.82) is 0 Å². The van der Waals surface area contributed by atoms with E-state index in [0.29, 0.717) is 0 Å². The molecule has 5 N–H and O–H groups in total. The van der Waals surface area contributed by atoms with Crippen molar-refractivity contribution in [3.05, 3.63) is 29.3 Å². The van der Waals surface area contributed by atoms with E-state index in [1.165, 1.54) is 11.1 Å². The van der Waals surface area contributed by atoms with Gasteiger partial charge in [-0.25, -0.2) is 0 Å². The van der Waals surface area contributed by atoms with Gasteiger partial charge >= 0.3 is 0 Å². The SMILES string of the molecule is Cc1ccc(C(C)(C)C)c(OCCC[NH2+]CC[NH3+])c1. The van der Waals surface area contributed by atoms with Gasteiger partial charge in [0.2, 0.25) is 0 Å². The maximum absolute atomic E-state index is 5.99. The highest BCUT2D eigenvalue weighted by Crippen LogP contribution is 2.32. The lowest BCUT2D eigenvalue weighted by Crippen LogP contribution is -2.88. The lowest BCUT2D eigenvalue weighted by Gasteiger charge is -2.23. The largest absolute Gasteiger partial charge is 0.493 e. The van der Waals surface area contributed by atoms with Gasteiger partial charge in [-0.1, -0.05) is 32.9 Å². The van der Waals surface area contributed by atoms with Crippen LogP contribution in [0.2, 0.25) is 0 Å². The van der Waals surface area contributed by atoms with E-state index in [9.17, 15) is 0 Å². The van der Waals surface area contributed by atoms with Gasteiger partial charge in [-0.2, -0.15) is 0 Å². The van der Waals surface area contributed by atoms with Gasteiger partial charge in [0, 0.05) is 6.42 Å². The first-order valence-electron chi connectivity index (χ1n) is 7.30. The van der Waals surface area contributed by atoms with Crippen LogP contribution < -0.4 is 15.8 Å². The molecule has 1 aromatic rings. The molecule has 0 spiro atoms. The molecule has 0 heterocycles. The molecule has 19 heavy (non-hydrogen) atoms. The molecule has 1 aromatic carbocycles. The summed E-state index contributed by atoms with van der Waals surface area (Å²) in [7, 11) is 0. The first-order chi connectivity index (χ1) is 8.95. The molecule has 3 nitrogen and oxygen atoms in total. The van der Waals surface area contributed by atoms with Gasteiger partial charge in [-0.3, -0.25) is 0 Å². The smallest absolute Gasteiger partial charge is 0.125 e. The van der Waals surface area contributed by atoms with E-state index in [1.807, 2.05) is 0 Å². The van der Waals surface area contributed by atoms with E-state index in [0.717, 1.165) is 38.4 Å². The van der Waals surface area contributed by atoms with Crippen LogP contribution in [0.25, 0.3) is 0 Å². The summed E-state index contributed by atoms with van der Waals surface area (Å²) in [4.78, 5) is 0. The summed E-state index contributed by atoms with van der Waals surface area (Å²) < 4.78 is 5.99. The second kappa shape index (κ2) is 7.51. The average Bonchev–Trinajstić information content (AvgIpc) is 2.32. The first-order valence-corrected chi connectivity index (χ1v) is 7.30. The standard InChI is InChI=1S/C16H28N2O/c1-13-6-7-14(16(2,3)4)15(12-13)19-11-5-9-18-10-8-17/h6-7,12,18H,5,8-11,17H2,1-4H3/p+2. The zero-order chi connectivity index (χ0) is 14.3. The summed E-state index contributed by atoms with van der Waals surface area (Å²) in [5.74, 6) is 1.05. The molecule has 3 heteroatoms. The molecule has 1 rings (SSSR count). The topological polar surface area (TPSA) is 53.5 Å². The van der Waals surface area contributed by atoms with E-state index in [4.69, 9.17) is 4.74 Å². The molecule has 0 fully saturated rings. The Labute approximate surface area is 117 Å². The van der Waals surface area contributed by atoms with Gasteiger partial charge in [-0.15, -0.1) is 0 Å². The van der Waals surface area contributed by atoms with E-state index in [-0.39, 0.29) is 5.41 Å². The fourth-order valence-electron chi connectivity index (χ4n) is 2.07. The van der Waals surface area contributed by atoms with E-state index >= 15 is 0 Å². The second-order valence-corrected chi connectivity index (χ2v) is 6.17. The summed E-state index contributed by atoms with van der Waals surface area (Å²) in [6, 6.07) is 6.51. The van der Waals surface area contributed by atoms with Gasteiger partial charge < -0.3 is 15.8 Å². The number of rotatable bonds is 7. The van der Waals surface area contributed by atoms with Crippen LogP contribution in [0, 0.1) is 6.92 Å². The van der Waals surface area contributed by atoms with Gasteiger partial charge in [-0.05, 0) is 29.5 Å². The van der Waals surface area contributed by atoms with E-state index in [2.05, 4.69) is 56.9 Å². The van der Waals surface area contributed by atoms with Gasteiger partial charge in [0.25, 0.3) is 0 Å². The first kappa shape index (κ1) is 16.0. The third-order valence-electron chi connectivity index (χ3n) is 3.16. The minimum atomic E-state index is 0.128. The Hall–Kier alpha value is -1.06. The molecule has 0 radical (unpaired) electrons. The molecule has 0 saturated carbocycles. The van der Waals surface area contributed by atoms with Crippen LogP contribution in [-0.4, -0.2) is 26.2 Å². The molecular weight excluding hydrogens is 236 g/mol. The highest BCUT2D eigenvalue weighted by molar-refractivity contribution is 5.41. The molecule has 0 aromatic heterocycles. The van der Waals surface area contributed by atoms with Crippen LogP contribution in [0.3, 0.4) is 0 Å². The number of hydrogen-bond acceptors (Lipinski definition) is 1. The Morgan fingerprint density at radius 1 is 1.21 bits per heavy atom. The lowest BCUT2D eigenvalue weighted by atomic mass is 9.86. The zero-order valence-electron chi connectivity index (χ0n) is 13.0. The van der Waals surface area contributed by atoms with Crippen molar-refractivity contribution >= 4 is 0 Å². The van der Waals surface area contributed by atoms with Crippen molar-refractivity contribution in [2.75, 3.05) is 26.2 Å². The summed E-state index contributed by atoms with van der Waals surface area (Å²) in [5.41, 5.74) is 6.51. The van der Waals surface area contributed by atoms with Crippen LogP contribution in [0.4, 0.5) is 0 Å². The van der Waals surface area contributed by atoms with Crippen LogP contribution >= 0.6 is 0 Å². The van der Waals surface area contributed by atoms with Crippen LogP contribution in [0.5, 0.6) is 5.75 Å². The molecule has 0 atom stereocenters. The summed E-state index contributed by atoms with van der Waals surface area (Å²) in [5, 5.41) is 2.30. The predicted octanol–water partition coefficient (Wildman–Crippen LogP) is 0.867. The van der Waals surface area contributed by atoms with Crippen molar-refractivity contribution in [3.63, 3.8) is 0 Å². The summed E-state index contributed by atoms with van der Waals surface area (Å²) >= 11 is 0. The molecule has 0 saturated heterocycles. The fraction of sp³-hybridized carbons (Fsp3) is 0.625. The quantitative estimate of drug-likeness (QED) is 0.707. The van der Waals surface area contributed by atoms with Crippen LogP contribution in [-0.2, 0) is 5.41 Å². The minimum absolute atomic E-state index is 0.128. The zero-order valence-corrected chi connectivity index (χ0v) is 13.0. The Bertz CT molecular complexity index is 383. The van der Waals surface area contributed by atoms with Gasteiger partial charge in [0.05, 0.1) is 13.2 Å². The number of aryl methyl sites for hydroxylation is 1. The van der Waals surface area contributed by atoms with Crippen molar-refractivity contribution < 1.29 is 15.8 Å². The lowest BCUT2D eigenvalue weighted by molar-refractivity contribution is -0.670. The van der Waals surface area contributed by atoms with Crippen LogP contribution in [0.15, 0.2) is 18.2 Å². The monoisotopic (exact) mass is 266 g/mol. The van der Waals surface area contributed by atoms with Crippen molar-refractivity contribution in [2.24, 2.45) is 0 Å². The number of nitrogens with two attached hydrogens (primary N) is 1. The Morgan fingerprint density at radius 3 is 2.58 bits per heavy atom. The van der Waals surface area contributed by atoms with E-state index < -0.39 is 0 Å². The molecule has 108 valence electrons. The molecular formula is C16H30N2O+2. The maximum Gasteiger partial charge on any atom is 0.125 e. The van der Waals surface area contributed by atoms with Crippen molar-refractivity contribution in [3.8, 4) is 5.75 Å². The molecule has 0 aliphatic carbocycles. The third kappa shape index (κ3) is 5.62. The van der Waals surface area contributed by atoms with Gasteiger partial charge in [0.1, 0.15) is 18.8 Å². The Balaban J connectivity index is 2.54. The van der Waals surface area contributed by atoms with Crippen molar-refractivity contribution in [2.45, 2.75) is 39.5 Å². The van der Waals surface area contributed by atoms with Crippen molar-refractivity contribution in [1.82, 2.24) is 0 Å². The number of ether oxygens (including phenoxy) is 1. The highest BCUT2D eigenvalue weighted by Gasteiger charge is 2.18. The number of hydrogen-bond donors (Lipinski definition) is 2. The molecule has 0 aliphatic heterocycles. The molecule has 0 unspecified atom stereocenters. The number of quaternary nitrogens is 2. The van der Waals surface area contributed by atoms with Gasteiger partial charge in [0.15, 0.2) is 0 Å². The summed E-state index contributed by atoms with van der Waals surface area (Å²) in [6.45, 7) is 12.8. The maximum atomic E-state index is 5.99. The Morgan fingerprint density at radius 2 is 1.95 bits per heavy atom. The summed E-state index contributed by atoms with van der Waals surface area (Å²) in [6.07, 6.45) is 1.08. The highest BCUT2D eigenvalue weighted by atomic mass is 16.5. The fourth-order valence-corrected chi connectivity index (χ4v) is 2.07. The molecule has 0 aliphatic rings. The number of benzene rings is 1. The normalized spacial score (nSPS) is 11.6. The van der Waals surface area contributed by atoms with Crippen LogP contribution in [0.1, 0.15) is 38.3 Å². The minimum Gasteiger partial charge on any atom is -0.493 e. The average molecular weight is 266 g/mol. The molecule has 0 bridgehead atoms. The van der Waals surface area contributed by atoms with E-state index in [1.54, 1.807) is 0 Å². The third-order valence-corrected chi connectivity index (χ3v) is 3.16. The molecule has 0 amide bonds. The second-order valence-electron chi connectivity index (χ2n) is 6.17. The predicted molar refractivity (Wildman–Crippen MR) is 79.4 cm³/mol. The Kier molecular flexibility index (Phi) is 6.32.